The van der Waals surface area contributed by atoms with Crippen molar-refractivity contribution < 1.29 is 33.4 Å². The third-order valence-electron chi connectivity index (χ3n) is 7.26. The molecule has 12 heteroatoms. The lowest BCUT2D eigenvalue weighted by molar-refractivity contribution is -0.147. The van der Waals surface area contributed by atoms with E-state index in [1.807, 2.05) is 12.1 Å². The van der Waals surface area contributed by atoms with E-state index in [0.29, 0.717) is 55.6 Å². The second kappa shape index (κ2) is 13.4. The summed E-state index contributed by atoms with van der Waals surface area (Å²) in [5, 5.41) is 0. The van der Waals surface area contributed by atoms with E-state index in [9.17, 15) is 19.2 Å². The number of esters is 2. The molecular formula is C29H37N5O7. The van der Waals surface area contributed by atoms with E-state index in [2.05, 4.69) is 4.98 Å². The van der Waals surface area contributed by atoms with E-state index in [-0.39, 0.29) is 25.0 Å². The number of methoxy groups -OCH3 is 1. The molecule has 12 nitrogen and oxygen atoms in total. The minimum absolute atomic E-state index is 0.0107. The number of hydrogen-bond acceptors (Lipinski definition) is 9. The van der Waals surface area contributed by atoms with Gasteiger partial charge in [-0.15, -0.1) is 0 Å². The Hall–Kier alpha value is -4.22. The van der Waals surface area contributed by atoms with E-state index in [1.165, 1.54) is 21.0 Å². The number of carbonyl (C=O) groups excluding carboxylic acids is 4. The van der Waals surface area contributed by atoms with Crippen molar-refractivity contribution in [3.63, 3.8) is 0 Å². The third-order valence-corrected chi connectivity index (χ3v) is 7.26. The van der Waals surface area contributed by atoms with Crippen LogP contribution in [0.3, 0.4) is 0 Å². The maximum absolute atomic E-state index is 13.6. The highest BCUT2D eigenvalue weighted by molar-refractivity contribution is 5.91. The summed E-state index contributed by atoms with van der Waals surface area (Å²) in [5.41, 5.74) is 2.20. The van der Waals surface area contributed by atoms with Gasteiger partial charge in [0.25, 0.3) is 0 Å². The fraction of sp³-hybridized carbons (Fsp3) is 0.517. The SMILES string of the molecule is CCOC(=O)CC(c1ccc(OC)nc1)N1CCN(CCC(OC(C)=O)c2ccc3c(n2)N(C(C)=O)CCC3)C1=O. The lowest BCUT2D eigenvalue weighted by Gasteiger charge is -2.29. The van der Waals surface area contributed by atoms with Crippen molar-refractivity contribution in [1.82, 2.24) is 19.8 Å². The maximum atomic E-state index is 13.6. The Labute approximate surface area is 239 Å². The van der Waals surface area contributed by atoms with Gasteiger partial charge in [-0.1, -0.05) is 12.1 Å². The summed E-state index contributed by atoms with van der Waals surface area (Å²) in [6, 6.07) is 6.42. The Morgan fingerprint density at radius 3 is 2.54 bits per heavy atom. The molecule has 2 aliphatic heterocycles. The lowest BCUT2D eigenvalue weighted by atomic mass is 10.0. The second-order valence-corrected chi connectivity index (χ2v) is 10.0. The number of pyridine rings is 2. The third kappa shape index (κ3) is 7.11. The topological polar surface area (TPSA) is 131 Å². The molecule has 0 radical (unpaired) electrons. The van der Waals surface area contributed by atoms with Gasteiger partial charge in [0.05, 0.1) is 31.9 Å². The van der Waals surface area contributed by atoms with Crippen LogP contribution in [0, 0.1) is 0 Å². The average Bonchev–Trinajstić information content (AvgIpc) is 3.32. The molecule has 1 fully saturated rings. The maximum Gasteiger partial charge on any atom is 0.320 e. The van der Waals surface area contributed by atoms with Gasteiger partial charge < -0.3 is 24.0 Å². The molecule has 0 spiro atoms. The number of aromatic nitrogens is 2. The van der Waals surface area contributed by atoms with Gasteiger partial charge in [0, 0.05) is 58.7 Å². The summed E-state index contributed by atoms with van der Waals surface area (Å²) in [4.78, 5) is 64.1. The van der Waals surface area contributed by atoms with Gasteiger partial charge in [-0.3, -0.25) is 19.3 Å². The van der Waals surface area contributed by atoms with E-state index in [1.54, 1.807) is 40.0 Å². The van der Waals surface area contributed by atoms with Gasteiger partial charge in [-0.05, 0) is 37.0 Å². The molecule has 0 aromatic carbocycles. The number of carbonyl (C=O) groups is 4. The number of nitrogens with zero attached hydrogens (tertiary/aromatic N) is 5. The van der Waals surface area contributed by atoms with Crippen LogP contribution in [-0.2, 0) is 30.3 Å². The molecule has 2 aromatic heterocycles. The summed E-state index contributed by atoms with van der Waals surface area (Å²) in [5.74, 6) is 0.0571. The molecule has 2 unspecified atom stereocenters. The van der Waals surface area contributed by atoms with Crippen LogP contribution in [0.1, 0.15) is 69.0 Å². The highest BCUT2D eigenvalue weighted by atomic mass is 16.5. The standard InChI is InChI=1S/C29H37N5O7/c1-5-40-27(37)17-24(22-9-11-26(39-4)30-18-22)34-16-15-32(29(34)38)14-12-25(41-20(3)36)23-10-8-21-7-6-13-33(19(2)35)28(21)31-23/h8-11,18,24-25H,5-7,12-17H2,1-4H3. The quantitative estimate of drug-likeness (QED) is 0.376. The van der Waals surface area contributed by atoms with Gasteiger partial charge in [0.15, 0.2) is 0 Å². The zero-order valence-electron chi connectivity index (χ0n) is 24.0. The van der Waals surface area contributed by atoms with Gasteiger partial charge in [0.1, 0.15) is 11.9 Å². The first-order valence-corrected chi connectivity index (χ1v) is 13.9. The summed E-state index contributed by atoms with van der Waals surface area (Å²) in [7, 11) is 1.52. The normalized spacial score (nSPS) is 16.2. The van der Waals surface area contributed by atoms with Crippen molar-refractivity contribution in [2.24, 2.45) is 0 Å². The van der Waals surface area contributed by atoms with Crippen LogP contribution in [0.15, 0.2) is 30.5 Å². The molecule has 0 saturated carbocycles. The fourth-order valence-electron chi connectivity index (χ4n) is 5.27. The van der Waals surface area contributed by atoms with Gasteiger partial charge in [-0.2, -0.15) is 0 Å². The summed E-state index contributed by atoms with van der Waals surface area (Å²) in [6.45, 7) is 6.54. The van der Waals surface area contributed by atoms with Crippen LogP contribution in [0.25, 0.3) is 0 Å². The number of rotatable bonds is 11. The zero-order chi connectivity index (χ0) is 29.5. The number of ether oxygens (including phenoxy) is 3. The van der Waals surface area contributed by atoms with E-state index < -0.39 is 24.1 Å². The minimum atomic E-state index is -0.698. The largest absolute Gasteiger partial charge is 0.481 e. The predicted octanol–water partition coefficient (Wildman–Crippen LogP) is 3.21. The first-order chi connectivity index (χ1) is 19.7. The molecule has 2 aromatic rings. The smallest absolute Gasteiger partial charge is 0.320 e. The second-order valence-electron chi connectivity index (χ2n) is 10.0. The number of anilines is 1. The van der Waals surface area contributed by atoms with Crippen LogP contribution in [0.2, 0.25) is 0 Å². The zero-order valence-corrected chi connectivity index (χ0v) is 24.0. The molecule has 220 valence electrons. The lowest BCUT2D eigenvalue weighted by Crippen LogP contribution is -2.37. The fourth-order valence-corrected chi connectivity index (χ4v) is 5.27. The molecule has 41 heavy (non-hydrogen) atoms. The van der Waals surface area contributed by atoms with Crippen molar-refractivity contribution >= 4 is 29.7 Å². The van der Waals surface area contributed by atoms with Gasteiger partial charge in [-0.25, -0.2) is 14.8 Å². The number of aryl methyl sites for hydroxylation is 1. The van der Waals surface area contributed by atoms with Crippen LogP contribution in [-0.4, -0.2) is 83.5 Å². The van der Waals surface area contributed by atoms with Crippen molar-refractivity contribution in [3.05, 3.63) is 47.3 Å². The summed E-state index contributed by atoms with van der Waals surface area (Å²) < 4.78 is 15.9. The molecule has 0 aliphatic carbocycles. The van der Waals surface area contributed by atoms with Crippen LogP contribution in [0.4, 0.5) is 10.6 Å². The van der Waals surface area contributed by atoms with Gasteiger partial charge >= 0.3 is 18.0 Å². The predicted molar refractivity (Wildman–Crippen MR) is 148 cm³/mol. The van der Waals surface area contributed by atoms with Crippen molar-refractivity contribution in [1.29, 1.82) is 0 Å². The highest BCUT2D eigenvalue weighted by Crippen LogP contribution is 2.32. The Morgan fingerprint density at radius 2 is 1.88 bits per heavy atom. The molecule has 2 aliphatic rings. The van der Waals surface area contributed by atoms with E-state index >= 15 is 0 Å². The Bertz CT molecular complexity index is 1270. The number of hydrogen-bond donors (Lipinski definition) is 0. The van der Waals surface area contributed by atoms with Crippen LogP contribution < -0.4 is 9.64 Å². The molecule has 3 amide bonds. The Kier molecular flexibility index (Phi) is 9.74. The molecule has 4 heterocycles. The molecule has 1 saturated heterocycles. The average molecular weight is 568 g/mol. The summed E-state index contributed by atoms with van der Waals surface area (Å²) >= 11 is 0. The Balaban J connectivity index is 1.50. The highest BCUT2D eigenvalue weighted by Gasteiger charge is 2.36. The number of urea groups is 1. The Morgan fingerprint density at radius 1 is 1.07 bits per heavy atom. The first kappa shape index (κ1) is 29.8. The van der Waals surface area contributed by atoms with E-state index in [4.69, 9.17) is 19.2 Å². The molecule has 2 atom stereocenters. The monoisotopic (exact) mass is 567 g/mol. The molecule has 0 bridgehead atoms. The minimum Gasteiger partial charge on any atom is -0.481 e. The number of fused-ring (bicyclic) bond motifs is 1. The van der Waals surface area contributed by atoms with Crippen molar-refractivity contribution in [3.8, 4) is 5.88 Å². The van der Waals surface area contributed by atoms with Crippen LogP contribution >= 0.6 is 0 Å². The molecule has 0 N–H and O–H groups in total. The van der Waals surface area contributed by atoms with Crippen LogP contribution in [0.5, 0.6) is 5.88 Å². The molecule has 4 rings (SSSR count). The molecular weight excluding hydrogens is 530 g/mol. The number of amides is 3. The van der Waals surface area contributed by atoms with Crippen molar-refractivity contribution in [2.45, 2.75) is 58.6 Å². The first-order valence-electron chi connectivity index (χ1n) is 13.9. The van der Waals surface area contributed by atoms with Crippen molar-refractivity contribution in [2.75, 3.05) is 44.8 Å². The summed E-state index contributed by atoms with van der Waals surface area (Å²) in [6.07, 6.45) is 2.89. The van der Waals surface area contributed by atoms with E-state index in [0.717, 1.165) is 18.4 Å². The van der Waals surface area contributed by atoms with Gasteiger partial charge in [0.2, 0.25) is 11.8 Å².